The van der Waals surface area contributed by atoms with Gasteiger partial charge in [0.25, 0.3) is 0 Å². The van der Waals surface area contributed by atoms with Gasteiger partial charge in [-0.3, -0.25) is 4.79 Å². The molecule has 3 rings (SSSR count). The van der Waals surface area contributed by atoms with E-state index in [1.807, 2.05) is 30.3 Å². The van der Waals surface area contributed by atoms with E-state index in [-0.39, 0.29) is 12.4 Å². The van der Waals surface area contributed by atoms with Crippen LogP contribution in [0.15, 0.2) is 34.7 Å². The summed E-state index contributed by atoms with van der Waals surface area (Å²) in [5.41, 5.74) is 1.34. The van der Waals surface area contributed by atoms with Gasteiger partial charge >= 0.3 is 5.97 Å². The summed E-state index contributed by atoms with van der Waals surface area (Å²) in [6.07, 6.45) is 0.768. The second-order valence-corrected chi connectivity index (χ2v) is 4.90. The zero-order valence-electron chi connectivity index (χ0n) is 12.6. The van der Waals surface area contributed by atoms with Gasteiger partial charge in [0.15, 0.2) is 0 Å². The zero-order valence-corrected chi connectivity index (χ0v) is 12.6. The number of hydrogen-bond acceptors (Lipinski definition) is 5. The van der Waals surface area contributed by atoms with Gasteiger partial charge in [0.2, 0.25) is 5.71 Å². The summed E-state index contributed by atoms with van der Waals surface area (Å²) in [7, 11) is 1.63. The Morgan fingerprint density at radius 2 is 2.09 bits per heavy atom. The molecule has 0 aliphatic rings. The maximum absolute atomic E-state index is 11.4. The Bertz CT molecular complexity index is 822. The number of hydrogen-bond donors (Lipinski definition) is 0. The molecule has 0 atom stereocenters. The fourth-order valence-electron chi connectivity index (χ4n) is 2.50. The van der Waals surface area contributed by atoms with Crippen molar-refractivity contribution in [2.75, 3.05) is 13.7 Å². The molecular formula is C17H17NO4. The highest BCUT2D eigenvalue weighted by molar-refractivity contribution is 5.99. The minimum absolute atomic E-state index is 0.229. The van der Waals surface area contributed by atoms with Crippen LogP contribution >= 0.6 is 0 Å². The molecule has 0 aliphatic carbocycles. The number of para-hydroxylation sites is 1. The molecule has 0 radical (unpaired) electrons. The number of pyridine rings is 1. The standard InChI is InChI=1S/C17H17NO4/c1-3-21-15(19)9-8-11-10-13-16(20-2)12-6-4-5-7-14(12)18-17(13)22-11/h4-7,10H,3,8-9H2,1-2H3. The van der Waals surface area contributed by atoms with Crippen molar-refractivity contribution in [1.82, 2.24) is 4.98 Å². The first-order valence-corrected chi connectivity index (χ1v) is 7.23. The lowest BCUT2D eigenvalue weighted by atomic mass is 10.1. The van der Waals surface area contributed by atoms with E-state index in [1.54, 1.807) is 14.0 Å². The first-order chi connectivity index (χ1) is 10.7. The van der Waals surface area contributed by atoms with Crippen molar-refractivity contribution < 1.29 is 18.7 Å². The average Bonchev–Trinajstić information content (AvgIpc) is 2.93. The van der Waals surface area contributed by atoms with Crippen molar-refractivity contribution in [3.63, 3.8) is 0 Å². The van der Waals surface area contributed by atoms with Gasteiger partial charge in [0.05, 0.1) is 31.0 Å². The van der Waals surface area contributed by atoms with Crippen LogP contribution in [0.25, 0.3) is 22.0 Å². The fourth-order valence-corrected chi connectivity index (χ4v) is 2.50. The maximum atomic E-state index is 11.4. The molecule has 0 saturated heterocycles. The van der Waals surface area contributed by atoms with Crippen LogP contribution in [-0.4, -0.2) is 24.7 Å². The summed E-state index contributed by atoms with van der Waals surface area (Å²) >= 11 is 0. The number of furan rings is 1. The molecular weight excluding hydrogens is 282 g/mol. The average molecular weight is 299 g/mol. The molecule has 5 nitrogen and oxygen atoms in total. The number of fused-ring (bicyclic) bond motifs is 2. The molecule has 0 unspecified atom stereocenters. The molecule has 0 N–H and O–H groups in total. The molecule has 0 bridgehead atoms. The van der Waals surface area contributed by atoms with Gasteiger partial charge in [-0.25, -0.2) is 4.98 Å². The van der Waals surface area contributed by atoms with Crippen LogP contribution < -0.4 is 4.74 Å². The van der Waals surface area contributed by atoms with Crippen LogP contribution in [-0.2, 0) is 16.0 Å². The van der Waals surface area contributed by atoms with Crippen LogP contribution in [0, 0.1) is 0 Å². The number of benzene rings is 1. The summed E-state index contributed by atoms with van der Waals surface area (Å²) in [5, 5.41) is 1.76. The predicted molar refractivity (Wildman–Crippen MR) is 83.0 cm³/mol. The van der Waals surface area contributed by atoms with Crippen molar-refractivity contribution in [2.45, 2.75) is 19.8 Å². The predicted octanol–water partition coefficient (Wildman–Crippen LogP) is 3.49. The molecule has 3 aromatic rings. The third-order valence-corrected chi connectivity index (χ3v) is 3.46. The lowest BCUT2D eigenvalue weighted by molar-refractivity contribution is -0.143. The van der Waals surface area contributed by atoms with Gasteiger partial charge in [0.1, 0.15) is 11.5 Å². The first kappa shape index (κ1) is 14.4. The zero-order chi connectivity index (χ0) is 15.5. The molecule has 0 fully saturated rings. The summed E-state index contributed by atoms with van der Waals surface area (Å²) in [4.78, 5) is 15.9. The SMILES string of the molecule is CCOC(=O)CCc1cc2c(OC)c3ccccc3nc2o1. The van der Waals surface area contributed by atoms with E-state index >= 15 is 0 Å². The lowest BCUT2D eigenvalue weighted by Gasteiger charge is -2.05. The Balaban J connectivity index is 1.98. The van der Waals surface area contributed by atoms with E-state index in [9.17, 15) is 4.79 Å². The molecule has 5 heteroatoms. The van der Waals surface area contributed by atoms with Crippen molar-refractivity contribution in [3.05, 3.63) is 36.1 Å². The van der Waals surface area contributed by atoms with E-state index in [0.717, 1.165) is 22.0 Å². The Morgan fingerprint density at radius 1 is 1.27 bits per heavy atom. The maximum Gasteiger partial charge on any atom is 0.306 e. The Labute approximate surface area is 127 Å². The molecule has 0 aliphatic heterocycles. The van der Waals surface area contributed by atoms with Gasteiger partial charge < -0.3 is 13.9 Å². The van der Waals surface area contributed by atoms with Crippen LogP contribution in [0.4, 0.5) is 0 Å². The fraction of sp³-hybridized carbons (Fsp3) is 0.294. The molecule has 0 spiro atoms. The molecule has 2 aromatic heterocycles. The van der Waals surface area contributed by atoms with E-state index in [4.69, 9.17) is 13.9 Å². The van der Waals surface area contributed by atoms with Gasteiger partial charge in [-0.1, -0.05) is 12.1 Å². The summed E-state index contributed by atoms with van der Waals surface area (Å²) in [6.45, 7) is 2.18. The largest absolute Gasteiger partial charge is 0.495 e. The second kappa shape index (κ2) is 6.05. The highest BCUT2D eigenvalue weighted by Crippen LogP contribution is 2.34. The number of aromatic nitrogens is 1. The number of esters is 1. The van der Waals surface area contributed by atoms with Crippen LogP contribution in [0.2, 0.25) is 0 Å². The van der Waals surface area contributed by atoms with Crippen LogP contribution in [0.1, 0.15) is 19.1 Å². The quantitative estimate of drug-likeness (QED) is 0.675. The number of nitrogens with zero attached hydrogens (tertiary/aromatic N) is 1. The molecule has 1 aromatic carbocycles. The van der Waals surface area contributed by atoms with E-state index in [2.05, 4.69) is 4.98 Å². The number of methoxy groups -OCH3 is 1. The highest BCUT2D eigenvalue weighted by Gasteiger charge is 2.15. The number of aryl methyl sites for hydroxylation is 1. The highest BCUT2D eigenvalue weighted by atomic mass is 16.5. The normalized spacial score (nSPS) is 11.0. The van der Waals surface area contributed by atoms with E-state index in [0.29, 0.717) is 24.5 Å². The van der Waals surface area contributed by atoms with Crippen molar-refractivity contribution in [2.24, 2.45) is 0 Å². The lowest BCUT2D eigenvalue weighted by Crippen LogP contribution is -2.04. The van der Waals surface area contributed by atoms with E-state index in [1.165, 1.54) is 0 Å². The Kier molecular flexibility index (Phi) is 3.96. The van der Waals surface area contributed by atoms with Gasteiger partial charge in [0, 0.05) is 11.8 Å². The monoisotopic (exact) mass is 299 g/mol. The summed E-state index contributed by atoms with van der Waals surface area (Å²) in [5.74, 6) is 1.21. The third-order valence-electron chi connectivity index (χ3n) is 3.46. The summed E-state index contributed by atoms with van der Waals surface area (Å²) in [6, 6.07) is 9.63. The number of rotatable bonds is 5. The minimum Gasteiger partial charge on any atom is -0.495 e. The Morgan fingerprint density at radius 3 is 2.86 bits per heavy atom. The number of carbonyl (C=O) groups excluding carboxylic acids is 1. The number of carbonyl (C=O) groups is 1. The van der Waals surface area contributed by atoms with Gasteiger partial charge in [-0.15, -0.1) is 0 Å². The van der Waals surface area contributed by atoms with Gasteiger partial charge in [-0.2, -0.15) is 0 Å². The van der Waals surface area contributed by atoms with Crippen LogP contribution in [0.3, 0.4) is 0 Å². The second-order valence-electron chi connectivity index (χ2n) is 4.90. The molecule has 114 valence electrons. The van der Waals surface area contributed by atoms with Crippen LogP contribution in [0.5, 0.6) is 5.75 Å². The molecule has 0 saturated carbocycles. The van der Waals surface area contributed by atoms with Crippen molar-refractivity contribution in [1.29, 1.82) is 0 Å². The smallest absolute Gasteiger partial charge is 0.306 e. The molecule has 22 heavy (non-hydrogen) atoms. The third kappa shape index (κ3) is 2.62. The topological polar surface area (TPSA) is 61.6 Å². The Hall–Kier alpha value is -2.56. The van der Waals surface area contributed by atoms with Crippen molar-refractivity contribution in [3.8, 4) is 5.75 Å². The summed E-state index contributed by atoms with van der Waals surface area (Å²) < 4.78 is 16.2. The first-order valence-electron chi connectivity index (χ1n) is 7.23. The van der Waals surface area contributed by atoms with Gasteiger partial charge in [-0.05, 0) is 25.1 Å². The van der Waals surface area contributed by atoms with Crippen molar-refractivity contribution >= 4 is 28.0 Å². The van der Waals surface area contributed by atoms with E-state index < -0.39 is 0 Å². The number of ether oxygens (including phenoxy) is 2. The minimum atomic E-state index is -0.229. The molecule has 0 amide bonds. The molecule has 2 heterocycles.